The van der Waals surface area contributed by atoms with E-state index in [4.69, 9.17) is 16.3 Å². The van der Waals surface area contributed by atoms with E-state index in [-0.39, 0.29) is 0 Å². The number of aliphatic hydroxyl groups is 1. The number of hydrogen-bond donors (Lipinski definition) is 1. The Labute approximate surface area is 129 Å². The molecule has 1 saturated heterocycles. The van der Waals surface area contributed by atoms with Crippen LogP contribution in [0.15, 0.2) is 24.5 Å². The number of nitrogens with zero attached hydrogens (tertiary/aromatic N) is 3. The van der Waals surface area contributed by atoms with Crippen molar-refractivity contribution in [2.24, 2.45) is 0 Å². The summed E-state index contributed by atoms with van der Waals surface area (Å²) in [5, 5.41) is 11.2. The topological polar surface area (TPSA) is 50.0 Å². The second-order valence-corrected chi connectivity index (χ2v) is 6.29. The molecule has 0 spiro atoms. The number of imidazole rings is 1. The molecule has 5 nitrogen and oxygen atoms in total. The molecule has 0 atom stereocenters. The molecule has 114 valence electrons. The van der Waals surface area contributed by atoms with Gasteiger partial charge in [0.2, 0.25) is 0 Å². The second-order valence-electron chi connectivity index (χ2n) is 5.85. The van der Waals surface area contributed by atoms with E-state index < -0.39 is 5.60 Å². The van der Waals surface area contributed by atoms with Gasteiger partial charge in [0.1, 0.15) is 5.65 Å². The van der Waals surface area contributed by atoms with Gasteiger partial charge in [-0.25, -0.2) is 4.98 Å². The fourth-order valence-electron chi connectivity index (χ4n) is 2.84. The summed E-state index contributed by atoms with van der Waals surface area (Å²) in [6, 6.07) is 3.74. The quantitative estimate of drug-likeness (QED) is 0.938. The van der Waals surface area contributed by atoms with Crippen LogP contribution in [0, 0.1) is 0 Å². The van der Waals surface area contributed by atoms with Gasteiger partial charge in [-0.1, -0.05) is 11.6 Å². The van der Waals surface area contributed by atoms with Gasteiger partial charge in [-0.05, 0) is 19.2 Å². The van der Waals surface area contributed by atoms with Crippen molar-refractivity contribution >= 4 is 17.2 Å². The lowest BCUT2D eigenvalue weighted by Crippen LogP contribution is -2.45. The lowest BCUT2D eigenvalue weighted by atomic mass is 9.94. The van der Waals surface area contributed by atoms with Crippen LogP contribution in [0.3, 0.4) is 0 Å². The minimum Gasteiger partial charge on any atom is -0.388 e. The van der Waals surface area contributed by atoms with Crippen LogP contribution in [0.5, 0.6) is 0 Å². The first-order valence-electron chi connectivity index (χ1n) is 7.16. The Hall–Kier alpha value is -1.14. The zero-order chi connectivity index (χ0) is 14.9. The molecule has 3 rings (SSSR count). The van der Waals surface area contributed by atoms with E-state index >= 15 is 0 Å². The van der Waals surface area contributed by atoms with Crippen molar-refractivity contribution in [2.45, 2.75) is 25.0 Å². The van der Waals surface area contributed by atoms with E-state index in [9.17, 15) is 5.11 Å². The molecular formula is C15H20ClN3O2. The molecule has 0 bridgehead atoms. The monoisotopic (exact) mass is 309 g/mol. The molecule has 1 aliphatic rings. The lowest BCUT2D eigenvalue weighted by molar-refractivity contribution is -0.0778. The minimum absolute atomic E-state index is 0.630. The largest absolute Gasteiger partial charge is 0.388 e. The van der Waals surface area contributed by atoms with Gasteiger partial charge in [-0.3, -0.25) is 4.90 Å². The highest BCUT2D eigenvalue weighted by Gasteiger charge is 2.31. The molecule has 21 heavy (non-hydrogen) atoms. The zero-order valence-corrected chi connectivity index (χ0v) is 12.9. The molecule has 0 radical (unpaired) electrons. The summed E-state index contributed by atoms with van der Waals surface area (Å²) < 4.78 is 7.23. The highest BCUT2D eigenvalue weighted by Crippen LogP contribution is 2.22. The Morgan fingerprint density at radius 2 is 2.14 bits per heavy atom. The third kappa shape index (κ3) is 3.55. The van der Waals surface area contributed by atoms with Crippen LogP contribution in [0.4, 0.5) is 0 Å². The summed E-state index contributed by atoms with van der Waals surface area (Å²) in [7, 11) is 2.00. The number of halogens is 1. The van der Waals surface area contributed by atoms with E-state index in [1.54, 1.807) is 0 Å². The molecule has 2 aromatic rings. The number of ether oxygens (including phenoxy) is 1. The molecule has 1 fully saturated rings. The van der Waals surface area contributed by atoms with Crippen LogP contribution in [0.1, 0.15) is 18.5 Å². The first-order valence-corrected chi connectivity index (χ1v) is 7.54. The Balaban J connectivity index is 1.66. The summed E-state index contributed by atoms with van der Waals surface area (Å²) in [6.45, 7) is 2.60. The first kappa shape index (κ1) is 14.8. The number of pyridine rings is 1. The lowest BCUT2D eigenvalue weighted by Gasteiger charge is -2.35. The summed E-state index contributed by atoms with van der Waals surface area (Å²) >= 11 is 5.98. The average Bonchev–Trinajstić information content (AvgIpc) is 2.79. The van der Waals surface area contributed by atoms with Gasteiger partial charge in [0.25, 0.3) is 0 Å². The number of rotatable bonds is 4. The fourth-order valence-corrected chi connectivity index (χ4v) is 3.01. The van der Waals surface area contributed by atoms with Crippen molar-refractivity contribution < 1.29 is 9.84 Å². The maximum atomic E-state index is 10.5. The standard InChI is InChI=1S/C15H20ClN3O2/c1-18(11-15(20)4-6-21-7-5-15)9-13-10-19-8-12(16)2-3-14(19)17-13/h2-3,8,10,20H,4-7,9,11H2,1H3. The summed E-state index contributed by atoms with van der Waals surface area (Å²) in [5.74, 6) is 0. The van der Waals surface area contributed by atoms with Crippen molar-refractivity contribution in [1.82, 2.24) is 14.3 Å². The van der Waals surface area contributed by atoms with Gasteiger partial charge in [0.05, 0.1) is 16.3 Å². The van der Waals surface area contributed by atoms with E-state index in [2.05, 4.69) is 9.88 Å². The predicted molar refractivity (Wildman–Crippen MR) is 81.5 cm³/mol. The number of aromatic nitrogens is 2. The smallest absolute Gasteiger partial charge is 0.137 e. The summed E-state index contributed by atoms with van der Waals surface area (Å²) in [4.78, 5) is 6.67. The van der Waals surface area contributed by atoms with Crippen molar-refractivity contribution in [3.8, 4) is 0 Å². The number of hydrogen-bond acceptors (Lipinski definition) is 4. The van der Waals surface area contributed by atoms with Crippen LogP contribution >= 0.6 is 11.6 Å². The Kier molecular flexibility index (Phi) is 4.17. The van der Waals surface area contributed by atoms with Gasteiger partial charge in [-0.15, -0.1) is 0 Å². The molecular weight excluding hydrogens is 290 g/mol. The van der Waals surface area contributed by atoms with Crippen LogP contribution < -0.4 is 0 Å². The highest BCUT2D eigenvalue weighted by atomic mass is 35.5. The Morgan fingerprint density at radius 1 is 1.38 bits per heavy atom. The van der Waals surface area contributed by atoms with Gasteiger partial charge in [0.15, 0.2) is 0 Å². The molecule has 1 N–H and O–H groups in total. The van der Waals surface area contributed by atoms with Crippen LogP contribution in [-0.2, 0) is 11.3 Å². The first-order chi connectivity index (χ1) is 10.0. The zero-order valence-electron chi connectivity index (χ0n) is 12.1. The molecule has 2 aromatic heterocycles. The maximum absolute atomic E-state index is 10.5. The highest BCUT2D eigenvalue weighted by molar-refractivity contribution is 6.30. The third-order valence-corrected chi connectivity index (χ3v) is 4.11. The molecule has 0 saturated carbocycles. The molecule has 1 aliphatic heterocycles. The van der Waals surface area contributed by atoms with Gasteiger partial charge < -0.3 is 14.2 Å². The number of fused-ring (bicyclic) bond motifs is 1. The SMILES string of the molecule is CN(Cc1cn2cc(Cl)ccc2n1)CC1(O)CCOCC1. The van der Waals surface area contributed by atoms with E-state index in [0.29, 0.717) is 44.2 Å². The molecule has 0 aliphatic carbocycles. The van der Waals surface area contributed by atoms with Crippen LogP contribution in [0.25, 0.3) is 5.65 Å². The molecule has 0 unspecified atom stereocenters. The van der Waals surface area contributed by atoms with Gasteiger partial charge in [-0.2, -0.15) is 0 Å². The number of likely N-dealkylation sites (N-methyl/N-ethyl adjacent to an activating group) is 1. The van der Waals surface area contributed by atoms with Crippen molar-refractivity contribution in [2.75, 3.05) is 26.8 Å². The third-order valence-electron chi connectivity index (χ3n) is 3.88. The molecule has 0 aromatic carbocycles. The Bertz CT molecular complexity index is 622. The van der Waals surface area contributed by atoms with Gasteiger partial charge >= 0.3 is 0 Å². The van der Waals surface area contributed by atoms with Crippen molar-refractivity contribution in [3.05, 3.63) is 35.2 Å². The van der Waals surface area contributed by atoms with E-state index in [1.807, 2.05) is 36.0 Å². The molecule has 0 amide bonds. The molecule has 6 heteroatoms. The van der Waals surface area contributed by atoms with Crippen LogP contribution in [-0.4, -0.2) is 51.8 Å². The minimum atomic E-state index is -0.643. The Morgan fingerprint density at radius 3 is 2.90 bits per heavy atom. The molecule has 3 heterocycles. The predicted octanol–water partition coefficient (Wildman–Crippen LogP) is 1.96. The van der Waals surface area contributed by atoms with Crippen molar-refractivity contribution in [3.63, 3.8) is 0 Å². The second kappa shape index (κ2) is 5.93. The van der Waals surface area contributed by atoms with Crippen LogP contribution in [0.2, 0.25) is 5.02 Å². The maximum Gasteiger partial charge on any atom is 0.137 e. The normalized spacial score (nSPS) is 18.5. The summed E-state index contributed by atoms with van der Waals surface area (Å²) in [5.41, 5.74) is 1.21. The average molecular weight is 310 g/mol. The van der Waals surface area contributed by atoms with E-state index in [0.717, 1.165) is 11.3 Å². The van der Waals surface area contributed by atoms with Gasteiger partial charge in [0, 0.05) is 51.5 Å². The summed E-state index contributed by atoms with van der Waals surface area (Å²) in [6.07, 6.45) is 5.21. The van der Waals surface area contributed by atoms with Crippen molar-refractivity contribution in [1.29, 1.82) is 0 Å². The fraction of sp³-hybridized carbons (Fsp3) is 0.533. The van der Waals surface area contributed by atoms with E-state index in [1.165, 1.54) is 0 Å².